The molecule has 3 N–H and O–H groups in total. The molecular formula is C15H23NO. The maximum absolute atomic E-state index is 10.6. The van der Waals surface area contributed by atoms with E-state index in [1.165, 1.54) is 25.7 Å². The minimum Gasteiger partial charge on any atom is -0.384 e. The van der Waals surface area contributed by atoms with Gasteiger partial charge in [-0.1, -0.05) is 56.0 Å². The fourth-order valence-corrected chi connectivity index (χ4v) is 2.85. The van der Waals surface area contributed by atoms with Crippen molar-refractivity contribution in [2.24, 2.45) is 11.7 Å². The number of hydrogen-bond donors (Lipinski definition) is 2. The minimum absolute atomic E-state index is 0.309. The summed E-state index contributed by atoms with van der Waals surface area (Å²) in [6.07, 6.45) is 7.26. The van der Waals surface area contributed by atoms with Gasteiger partial charge in [-0.15, -0.1) is 0 Å². The van der Waals surface area contributed by atoms with Crippen LogP contribution in [0, 0.1) is 5.92 Å². The van der Waals surface area contributed by atoms with Gasteiger partial charge in [0.1, 0.15) is 5.60 Å². The van der Waals surface area contributed by atoms with Gasteiger partial charge in [0.2, 0.25) is 0 Å². The molecule has 94 valence electrons. The zero-order valence-electron chi connectivity index (χ0n) is 10.4. The van der Waals surface area contributed by atoms with Crippen LogP contribution >= 0.6 is 0 Å². The second-order valence-corrected chi connectivity index (χ2v) is 5.29. The lowest BCUT2D eigenvalue weighted by molar-refractivity contribution is 0.0302. The highest BCUT2D eigenvalue weighted by Gasteiger charge is 2.28. The predicted octanol–water partition coefficient (Wildman–Crippen LogP) is 2.80. The molecule has 0 bridgehead atoms. The van der Waals surface area contributed by atoms with Crippen molar-refractivity contribution in [3.63, 3.8) is 0 Å². The van der Waals surface area contributed by atoms with Gasteiger partial charge in [-0.05, 0) is 24.3 Å². The van der Waals surface area contributed by atoms with Crippen LogP contribution in [0.15, 0.2) is 30.3 Å². The zero-order chi connectivity index (χ0) is 12.1. The molecule has 1 aromatic carbocycles. The molecule has 1 aliphatic rings. The van der Waals surface area contributed by atoms with Gasteiger partial charge in [0.25, 0.3) is 0 Å². The second kappa shape index (κ2) is 5.65. The van der Waals surface area contributed by atoms with Gasteiger partial charge in [0, 0.05) is 6.54 Å². The van der Waals surface area contributed by atoms with Crippen molar-refractivity contribution in [3.05, 3.63) is 35.9 Å². The van der Waals surface area contributed by atoms with E-state index in [4.69, 9.17) is 5.73 Å². The second-order valence-electron chi connectivity index (χ2n) is 5.29. The van der Waals surface area contributed by atoms with Gasteiger partial charge in [-0.2, -0.15) is 0 Å². The van der Waals surface area contributed by atoms with Gasteiger partial charge in [0.15, 0.2) is 0 Å². The first kappa shape index (κ1) is 12.6. The Morgan fingerprint density at radius 1 is 1.18 bits per heavy atom. The Balaban J connectivity index is 1.98. The summed E-state index contributed by atoms with van der Waals surface area (Å²) in [7, 11) is 0. The predicted molar refractivity (Wildman–Crippen MR) is 70.6 cm³/mol. The van der Waals surface area contributed by atoms with Crippen LogP contribution in [0.25, 0.3) is 0 Å². The average Bonchev–Trinajstić information content (AvgIpc) is 2.90. The molecule has 0 radical (unpaired) electrons. The molecule has 2 heteroatoms. The van der Waals surface area contributed by atoms with E-state index < -0.39 is 5.60 Å². The molecule has 1 atom stereocenters. The quantitative estimate of drug-likeness (QED) is 0.821. The Hall–Kier alpha value is -0.860. The summed E-state index contributed by atoms with van der Waals surface area (Å²) in [5.74, 6) is 0.803. The van der Waals surface area contributed by atoms with Crippen LogP contribution in [-0.2, 0) is 5.60 Å². The van der Waals surface area contributed by atoms with Crippen molar-refractivity contribution in [2.45, 2.75) is 44.1 Å². The molecule has 2 rings (SSSR count). The van der Waals surface area contributed by atoms with Crippen LogP contribution in [-0.4, -0.2) is 11.7 Å². The van der Waals surface area contributed by atoms with E-state index in [2.05, 4.69) is 0 Å². The van der Waals surface area contributed by atoms with Gasteiger partial charge < -0.3 is 10.8 Å². The molecule has 0 spiro atoms. The van der Waals surface area contributed by atoms with Crippen molar-refractivity contribution < 1.29 is 5.11 Å². The van der Waals surface area contributed by atoms with Crippen molar-refractivity contribution in [2.75, 3.05) is 6.54 Å². The van der Waals surface area contributed by atoms with Crippen LogP contribution in [0.4, 0.5) is 0 Å². The SMILES string of the molecule is NCC(O)(CCC1CCCC1)c1ccccc1. The molecule has 1 fully saturated rings. The number of benzene rings is 1. The largest absolute Gasteiger partial charge is 0.384 e. The molecule has 2 nitrogen and oxygen atoms in total. The minimum atomic E-state index is -0.830. The van der Waals surface area contributed by atoms with E-state index >= 15 is 0 Å². The van der Waals surface area contributed by atoms with Crippen LogP contribution in [0.1, 0.15) is 44.1 Å². The van der Waals surface area contributed by atoms with E-state index in [1.54, 1.807) is 0 Å². The number of hydrogen-bond acceptors (Lipinski definition) is 2. The van der Waals surface area contributed by atoms with E-state index in [1.807, 2.05) is 30.3 Å². The summed E-state index contributed by atoms with van der Waals surface area (Å²) in [6.45, 7) is 0.309. The van der Waals surface area contributed by atoms with E-state index in [-0.39, 0.29) is 0 Å². The first-order valence-corrected chi connectivity index (χ1v) is 6.72. The summed E-state index contributed by atoms with van der Waals surface area (Å²) in [5, 5.41) is 10.6. The third-order valence-electron chi connectivity index (χ3n) is 4.09. The smallest absolute Gasteiger partial charge is 0.102 e. The summed E-state index contributed by atoms with van der Waals surface area (Å²) in [4.78, 5) is 0. The summed E-state index contributed by atoms with van der Waals surface area (Å²) in [5.41, 5.74) is 5.90. The van der Waals surface area contributed by atoms with Crippen molar-refractivity contribution in [1.29, 1.82) is 0 Å². The number of aliphatic hydroxyl groups is 1. The third-order valence-corrected chi connectivity index (χ3v) is 4.09. The Labute approximate surface area is 104 Å². The van der Waals surface area contributed by atoms with Gasteiger partial charge in [-0.3, -0.25) is 0 Å². The number of rotatable bonds is 5. The number of nitrogens with two attached hydrogens (primary N) is 1. The third kappa shape index (κ3) is 3.08. The van der Waals surface area contributed by atoms with Crippen LogP contribution in [0.2, 0.25) is 0 Å². The van der Waals surface area contributed by atoms with Crippen LogP contribution < -0.4 is 5.73 Å². The van der Waals surface area contributed by atoms with Gasteiger partial charge in [-0.25, -0.2) is 0 Å². The maximum Gasteiger partial charge on any atom is 0.102 e. The van der Waals surface area contributed by atoms with E-state index in [0.29, 0.717) is 6.54 Å². The molecule has 0 aromatic heterocycles. The Morgan fingerprint density at radius 3 is 2.41 bits per heavy atom. The maximum atomic E-state index is 10.6. The average molecular weight is 233 g/mol. The lowest BCUT2D eigenvalue weighted by atomic mass is 9.86. The van der Waals surface area contributed by atoms with E-state index in [9.17, 15) is 5.11 Å². The molecule has 0 amide bonds. The first-order chi connectivity index (χ1) is 8.24. The Bertz CT molecular complexity index is 332. The summed E-state index contributed by atoms with van der Waals surface area (Å²) >= 11 is 0. The molecule has 17 heavy (non-hydrogen) atoms. The fourth-order valence-electron chi connectivity index (χ4n) is 2.85. The molecular weight excluding hydrogens is 210 g/mol. The standard InChI is InChI=1S/C15H23NO/c16-12-15(17,14-8-2-1-3-9-14)11-10-13-6-4-5-7-13/h1-3,8-9,13,17H,4-7,10-12,16H2. The molecule has 1 unspecified atom stereocenters. The Kier molecular flexibility index (Phi) is 4.19. The molecule has 0 heterocycles. The van der Waals surface area contributed by atoms with Crippen molar-refractivity contribution in [3.8, 4) is 0 Å². The topological polar surface area (TPSA) is 46.2 Å². The lowest BCUT2D eigenvalue weighted by Crippen LogP contribution is -2.35. The molecule has 0 saturated heterocycles. The molecule has 1 aliphatic carbocycles. The zero-order valence-corrected chi connectivity index (χ0v) is 10.4. The van der Waals surface area contributed by atoms with E-state index in [0.717, 1.165) is 24.3 Å². The van der Waals surface area contributed by atoms with Crippen molar-refractivity contribution in [1.82, 2.24) is 0 Å². The fraction of sp³-hybridized carbons (Fsp3) is 0.600. The highest BCUT2D eigenvalue weighted by Crippen LogP contribution is 2.33. The van der Waals surface area contributed by atoms with Gasteiger partial charge >= 0.3 is 0 Å². The summed E-state index contributed by atoms with van der Waals surface area (Å²) in [6, 6.07) is 9.84. The van der Waals surface area contributed by atoms with Crippen LogP contribution in [0.3, 0.4) is 0 Å². The lowest BCUT2D eigenvalue weighted by Gasteiger charge is -2.28. The monoisotopic (exact) mass is 233 g/mol. The summed E-state index contributed by atoms with van der Waals surface area (Å²) < 4.78 is 0. The van der Waals surface area contributed by atoms with Gasteiger partial charge in [0.05, 0.1) is 0 Å². The molecule has 1 saturated carbocycles. The Morgan fingerprint density at radius 2 is 1.82 bits per heavy atom. The van der Waals surface area contributed by atoms with Crippen molar-refractivity contribution >= 4 is 0 Å². The molecule has 1 aromatic rings. The highest BCUT2D eigenvalue weighted by molar-refractivity contribution is 5.22. The first-order valence-electron chi connectivity index (χ1n) is 6.72. The normalized spacial score (nSPS) is 20.4. The van der Waals surface area contributed by atoms with Crippen LogP contribution in [0.5, 0.6) is 0 Å². The molecule has 0 aliphatic heterocycles. The highest BCUT2D eigenvalue weighted by atomic mass is 16.3.